The Hall–Kier alpha value is -2.54. The van der Waals surface area contributed by atoms with Gasteiger partial charge in [0.1, 0.15) is 6.29 Å². The maximum atomic E-state index is 13.1. The molecular formula is C23H27N3O3. The van der Waals surface area contributed by atoms with Gasteiger partial charge in [0.15, 0.2) is 5.78 Å². The summed E-state index contributed by atoms with van der Waals surface area (Å²) in [6, 6.07) is 14.9. The van der Waals surface area contributed by atoms with Crippen molar-refractivity contribution in [3.63, 3.8) is 0 Å². The number of hydrogen-bond acceptors (Lipinski definition) is 5. The number of carbonyl (C=O) groups excluding carboxylic acids is 1. The molecule has 2 aromatic rings. The molecule has 29 heavy (non-hydrogen) atoms. The Kier molecular flexibility index (Phi) is 5.76. The summed E-state index contributed by atoms with van der Waals surface area (Å²) in [5.74, 6) is -1.63. The summed E-state index contributed by atoms with van der Waals surface area (Å²) in [4.78, 5) is 26.8. The molecule has 2 fully saturated rings. The molecule has 0 bridgehead atoms. The van der Waals surface area contributed by atoms with E-state index in [1.54, 1.807) is 31.2 Å². The number of carboxylic acids is 1. The summed E-state index contributed by atoms with van der Waals surface area (Å²) >= 11 is 0. The molecule has 2 heterocycles. The number of aliphatic carboxylic acids is 1. The number of nitrogens with one attached hydrogen (secondary N) is 2. The second-order valence-corrected chi connectivity index (χ2v) is 7.89. The fourth-order valence-electron chi connectivity index (χ4n) is 4.17. The Morgan fingerprint density at radius 3 is 2.66 bits per heavy atom. The number of nitrogens with zero attached hydrogens (tertiary/aromatic N) is 1. The minimum Gasteiger partial charge on any atom is -0.481 e. The molecule has 2 saturated heterocycles. The SMILES string of the molecule is CC(C(=O)O)c1cccc(C(=O)c2cccc(C3CCN4CCCNC4N3)c2)c1. The van der Waals surface area contributed by atoms with Crippen LogP contribution in [0.5, 0.6) is 0 Å². The second-order valence-electron chi connectivity index (χ2n) is 7.89. The molecule has 6 nitrogen and oxygen atoms in total. The third-order valence-corrected chi connectivity index (χ3v) is 5.96. The summed E-state index contributed by atoms with van der Waals surface area (Å²) in [5.41, 5.74) is 2.89. The Balaban J connectivity index is 1.53. The van der Waals surface area contributed by atoms with Crippen LogP contribution in [0.25, 0.3) is 0 Å². The van der Waals surface area contributed by atoms with E-state index >= 15 is 0 Å². The molecule has 0 amide bonds. The topological polar surface area (TPSA) is 81.7 Å². The van der Waals surface area contributed by atoms with E-state index in [4.69, 9.17) is 0 Å². The second kappa shape index (κ2) is 8.45. The van der Waals surface area contributed by atoms with Crippen LogP contribution in [-0.2, 0) is 4.79 Å². The minimum absolute atomic E-state index is 0.0838. The molecule has 152 valence electrons. The number of carbonyl (C=O) groups is 2. The molecule has 4 rings (SSSR count). The molecule has 2 aliphatic rings. The van der Waals surface area contributed by atoms with Crippen molar-refractivity contribution in [3.05, 3.63) is 70.8 Å². The summed E-state index contributed by atoms with van der Waals surface area (Å²) in [5, 5.41) is 16.4. The van der Waals surface area contributed by atoms with E-state index in [2.05, 4.69) is 21.6 Å². The molecule has 3 N–H and O–H groups in total. The van der Waals surface area contributed by atoms with Crippen LogP contribution in [0, 0.1) is 0 Å². The lowest BCUT2D eigenvalue weighted by atomic mass is 9.93. The highest BCUT2D eigenvalue weighted by Gasteiger charge is 2.30. The largest absolute Gasteiger partial charge is 0.481 e. The molecule has 6 heteroatoms. The molecule has 0 saturated carbocycles. The Labute approximate surface area is 170 Å². The smallest absolute Gasteiger partial charge is 0.310 e. The van der Waals surface area contributed by atoms with Gasteiger partial charge in [0.2, 0.25) is 0 Å². The minimum atomic E-state index is -0.898. The Morgan fingerprint density at radius 2 is 1.86 bits per heavy atom. The highest BCUT2D eigenvalue weighted by molar-refractivity contribution is 6.09. The highest BCUT2D eigenvalue weighted by Crippen LogP contribution is 2.26. The van der Waals surface area contributed by atoms with Gasteiger partial charge in [-0.15, -0.1) is 0 Å². The van der Waals surface area contributed by atoms with Crippen molar-refractivity contribution < 1.29 is 14.7 Å². The summed E-state index contributed by atoms with van der Waals surface area (Å²) in [6.45, 7) is 4.79. The van der Waals surface area contributed by atoms with E-state index in [1.807, 2.05) is 18.2 Å². The first-order chi connectivity index (χ1) is 14.0. The van der Waals surface area contributed by atoms with Crippen molar-refractivity contribution in [2.75, 3.05) is 19.6 Å². The molecule has 0 aromatic heterocycles. The van der Waals surface area contributed by atoms with Gasteiger partial charge in [0.25, 0.3) is 0 Å². The highest BCUT2D eigenvalue weighted by atomic mass is 16.4. The molecule has 0 radical (unpaired) electrons. The van der Waals surface area contributed by atoms with Crippen LogP contribution in [0.3, 0.4) is 0 Å². The van der Waals surface area contributed by atoms with Crippen LogP contribution in [-0.4, -0.2) is 47.7 Å². The number of benzene rings is 2. The van der Waals surface area contributed by atoms with Gasteiger partial charge in [0, 0.05) is 30.3 Å². The van der Waals surface area contributed by atoms with Gasteiger partial charge in [-0.2, -0.15) is 0 Å². The van der Waals surface area contributed by atoms with E-state index in [-0.39, 0.29) is 18.1 Å². The molecule has 0 spiro atoms. The van der Waals surface area contributed by atoms with Crippen molar-refractivity contribution in [1.29, 1.82) is 0 Å². The average Bonchev–Trinajstić information content (AvgIpc) is 2.77. The van der Waals surface area contributed by atoms with Gasteiger partial charge in [-0.3, -0.25) is 25.1 Å². The summed E-state index contributed by atoms with van der Waals surface area (Å²) in [6.07, 6.45) is 2.37. The normalized spacial score (nSPS) is 23.2. The van der Waals surface area contributed by atoms with E-state index in [0.717, 1.165) is 31.6 Å². The van der Waals surface area contributed by atoms with Crippen LogP contribution in [0.2, 0.25) is 0 Å². The Morgan fingerprint density at radius 1 is 1.10 bits per heavy atom. The maximum absolute atomic E-state index is 13.1. The first kappa shape index (κ1) is 19.8. The standard InChI is InChI=1S/C23H27N3O3/c1-15(22(28)29)16-5-2-7-18(13-16)21(27)19-8-3-6-17(14-19)20-9-12-26-11-4-10-24-23(26)25-20/h2-3,5-8,13-15,20,23-25H,4,9-12H2,1H3,(H,28,29). The van der Waals surface area contributed by atoms with Crippen LogP contribution in [0.1, 0.15) is 58.8 Å². The van der Waals surface area contributed by atoms with Crippen molar-refractivity contribution in [2.24, 2.45) is 0 Å². The fraction of sp³-hybridized carbons (Fsp3) is 0.391. The number of fused-ring (bicyclic) bond motifs is 1. The zero-order chi connectivity index (χ0) is 20.4. The number of hydrogen-bond donors (Lipinski definition) is 3. The van der Waals surface area contributed by atoms with E-state index in [1.165, 1.54) is 6.42 Å². The Bertz CT molecular complexity index is 914. The van der Waals surface area contributed by atoms with Crippen molar-refractivity contribution in [2.45, 2.75) is 38.0 Å². The first-order valence-corrected chi connectivity index (χ1v) is 10.2. The van der Waals surface area contributed by atoms with E-state index < -0.39 is 11.9 Å². The van der Waals surface area contributed by atoms with Crippen molar-refractivity contribution >= 4 is 11.8 Å². The number of carboxylic acid groups (broad SMARTS) is 1. The van der Waals surface area contributed by atoms with Gasteiger partial charge < -0.3 is 5.11 Å². The van der Waals surface area contributed by atoms with Gasteiger partial charge >= 0.3 is 5.97 Å². The average molecular weight is 393 g/mol. The predicted octanol–water partition coefficient (Wildman–Crippen LogP) is 2.72. The van der Waals surface area contributed by atoms with Crippen molar-refractivity contribution in [3.8, 4) is 0 Å². The fourth-order valence-corrected chi connectivity index (χ4v) is 4.17. The number of ketones is 1. The number of rotatable bonds is 5. The monoisotopic (exact) mass is 393 g/mol. The van der Waals surface area contributed by atoms with E-state index in [0.29, 0.717) is 16.7 Å². The molecular weight excluding hydrogens is 366 g/mol. The van der Waals surface area contributed by atoms with Gasteiger partial charge in [-0.1, -0.05) is 36.4 Å². The van der Waals surface area contributed by atoms with Crippen LogP contribution < -0.4 is 10.6 Å². The zero-order valence-electron chi connectivity index (χ0n) is 16.6. The summed E-state index contributed by atoms with van der Waals surface area (Å²) in [7, 11) is 0. The maximum Gasteiger partial charge on any atom is 0.310 e. The predicted molar refractivity (Wildman–Crippen MR) is 111 cm³/mol. The first-order valence-electron chi connectivity index (χ1n) is 10.2. The van der Waals surface area contributed by atoms with Gasteiger partial charge in [-0.05, 0) is 49.6 Å². The lowest BCUT2D eigenvalue weighted by Crippen LogP contribution is -2.62. The van der Waals surface area contributed by atoms with Crippen LogP contribution >= 0.6 is 0 Å². The quantitative estimate of drug-likeness (QED) is 0.678. The van der Waals surface area contributed by atoms with Crippen LogP contribution in [0.4, 0.5) is 0 Å². The lowest BCUT2D eigenvalue weighted by Gasteiger charge is -2.43. The van der Waals surface area contributed by atoms with Crippen LogP contribution in [0.15, 0.2) is 48.5 Å². The molecule has 3 unspecified atom stereocenters. The zero-order valence-corrected chi connectivity index (χ0v) is 16.6. The van der Waals surface area contributed by atoms with E-state index in [9.17, 15) is 14.7 Å². The third-order valence-electron chi connectivity index (χ3n) is 5.96. The molecule has 2 aliphatic heterocycles. The summed E-state index contributed by atoms with van der Waals surface area (Å²) < 4.78 is 0. The molecule has 2 aromatic carbocycles. The third kappa shape index (κ3) is 4.24. The lowest BCUT2D eigenvalue weighted by molar-refractivity contribution is -0.138. The van der Waals surface area contributed by atoms with Crippen molar-refractivity contribution in [1.82, 2.24) is 15.5 Å². The van der Waals surface area contributed by atoms with Gasteiger partial charge in [-0.25, -0.2) is 0 Å². The molecule has 3 atom stereocenters. The van der Waals surface area contributed by atoms with Gasteiger partial charge in [0.05, 0.1) is 5.92 Å². The molecule has 0 aliphatic carbocycles.